The van der Waals surface area contributed by atoms with Gasteiger partial charge in [-0.25, -0.2) is 0 Å². The van der Waals surface area contributed by atoms with Gasteiger partial charge in [-0.05, 0) is 69.6 Å². The Morgan fingerprint density at radius 3 is 2.93 bits per heavy atom. The van der Waals surface area contributed by atoms with E-state index < -0.39 is 0 Å². The van der Waals surface area contributed by atoms with Crippen LogP contribution in [0.1, 0.15) is 12.8 Å². The van der Waals surface area contributed by atoms with Crippen LogP contribution in [0.5, 0.6) is 5.75 Å². The summed E-state index contributed by atoms with van der Waals surface area (Å²) in [7, 11) is 0. The third-order valence-corrected chi connectivity index (χ3v) is 3.63. The fourth-order valence-corrected chi connectivity index (χ4v) is 2.90. The van der Waals surface area contributed by atoms with E-state index in [1.54, 1.807) is 0 Å². The molecule has 1 nitrogen and oxygen atoms in total. The van der Waals surface area contributed by atoms with Gasteiger partial charge in [-0.2, -0.15) is 0 Å². The SMILES string of the molecule is Brc1cccc(I)c1OC1C=CCC1. The predicted molar refractivity (Wildman–Crippen MR) is 69.6 cm³/mol. The van der Waals surface area contributed by atoms with Gasteiger partial charge in [0.05, 0.1) is 8.04 Å². The third kappa shape index (κ3) is 2.31. The molecule has 3 heteroatoms. The van der Waals surface area contributed by atoms with Gasteiger partial charge in [0.1, 0.15) is 11.9 Å². The Kier molecular flexibility index (Phi) is 3.49. The molecule has 0 fully saturated rings. The van der Waals surface area contributed by atoms with Crippen LogP contribution in [-0.2, 0) is 0 Å². The largest absolute Gasteiger partial charge is 0.484 e. The Hall–Kier alpha value is -0.0300. The summed E-state index contributed by atoms with van der Waals surface area (Å²) in [5.74, 6) is 0.963. The third-order valence-electron chi connectivity index (χ3n) is 2.16. The van der Waals surface area contributed by atoms with Crippen LogP contribution in [0.25, 0.3) is 0 Å². The molecule has 1 aliphatic carbocycles. The predicted octanol–water partition coefficient (Wildman–Crippen LogP) is 4.15. The lowest BCUT2D eigenvalue weighted by molar-refractivity contribution is 0.245. The monoisotopic (exact) mass is 364 g/mol. The summed E-state index contributed by atoms with van der Waals surface area (Å²) in [4.78, 5) is 0. The molecule has 0 radical (unpaired) electrons. The van der Waals surface area contributed by atoms with Crippen molar-refractivity contribution in [1.82, 2.24) is 0 Å². The van der Waals surface area contributed by atoms with Crippen LogP contribution < -0.4 is 4.74 Å². The van der Waals surface area contributed by atoms with Gasteiger partial charge in [-0.1, -0.05) is 12.1 Å². The van der Waals surface area contributed by atoms with Crippen LogP contribution in [0, 0.1) is 3.57 Å². The molecule has 1 aromatic rings. The van der Waals surface area contributed by atoms with Crippen molar-refractivity contribution in [1.29, 1.82) is 0 Å². The Bertz CT molecular complexity index is 342. The Labute approximate surface area is 106 Å². The normalized spacial score (nSPS) is 20.0. The minimum Gasteiger partial charge on any atom is -0.484 e. The summed E-state index contributed by atoms with van der Waals surface area (Å²) >= 11 is 5.79. The number of rotatable bonds is 2. The molecule has 1 unspecified atom stereocenters. The molecule has 0 N–H and O–H groups in total. The molecule has 0 saturated carbocycles. The number of allylic oxidation sites excluding steroid dienone is 1. The molecule has 0 bridgehead atoms. The lowest BCUT2D eigenvalue weighted by Crippen LogP contribution is -2.10. The van der Waals surface area contributed by atoms with Crippen LogP contribution in [0.4, 0.5) is 0 Å². The van der Waals surface area contributed by atoms with E-state index >= 15 is 0 Å². The minimum atomic E-state index is 0.252. The van der Waals surface area contributed by atoms with Crippen LogP contribution in [0.2, 0.25) is 0 Å². The Morgan fingerprint density at radius 2 is 2.29 bits per heavy atom. The molecule has 0 aliphatic heterocycles. The van der Waals surface area contributed by atoms with Gasteiger partial charge in [0.15, 0.2) is 0 Å². The Balaban J connectivity index is 2.19. The maximum Gasteiger partial charge on any atom is 0.147 e. The fraction of sp³-hybridized carbons (Fsp3) is 0.273. The molecule has 0 saturated heterocycles. The summed E-state index contributed by atoms with van der Waals surface area (Å²) in [5.41, 5.74) is 0. The molecule has 0 aromatic heterocycles. The van der Waals surface area contributed by atoms with Crippen molar-refractivity contribution in [2.24, 2.45) is 0 Å². The first-order chi connectivity index (χ1) is 6.77. The lowest BCUT2D eigenvalue weighted by Gasteiger charge is -2.14. The van der Waals surface area contributed by atoms with Crippen molar-refractivity contribution in [2.45, 2.75) is 18.9 Å². The fourth-order valence-electron chi connectivity index (χ4n) is 1.45. The Morgan fingerprint density at radius 1 is 1.43 bits per heavy atom. The van der Waals surface area contributed by atoms with E-state index in [0.29, 0.717) is 0 Å². The van der Waals surface area contributed by atoms with E-state index in [2.05, 4.69) is 56.7 Å². The van der Waals surface area contributed by atoms with Crippen molar-refractivity contribution < 1.29 is 4.74 Å². The summed E-state index contributed by atoms with van der Waals surface area (Å²) in [5, 5.41) is 0. The first kappa shape index (κ1) is 10.5. The zero-order chi connectivity index (χ0) is 9.97. The van der Waals surface area contributed by atoms with Gasteiger partial charge in [-0.15, -0.1) is 0 Å². The summed E-state index contributed by atoms with van der Waals surface area (Å²) in [6, 6.07) is 6.08. The topological polar surface area (TPSA) is 9.23 Å². The second-order valence-corrected chi connectivity index (χ2v) is 5.23. The average molecular weight is 365 g/mol. The smallest absolute Gasteiger partial charge is 0.147 e. The van der Waals surface area contributed by atoms with Crippen molar-refractivity contribution in [3.05, 3.63) is 38.4 Å². The highest BCUT2D eigenvalue weighted by molar-refractivity contribution is 14.1. The molecular weight excluding hydrogens is 355 g/mol. The zero-order valence-corrected chi connectivity index (χ0v) is 11.3. The van der Waals surface area contributed by atoms with Gasteiger partial charge in [0.25, 0.3) is 0 Å². The van der Waals surface area contributed by atoms with Gasteiger partial charge in [-0.3, -0.25) is 0 Å². The molecule has 1 aromatic carbocycles. The molecule has 14 heavy (non-hydrogen) atoms. The van der Waals surface area contributed by atoms with Gasteiger partial charge in [0.2, 0.25) is 0 Å². The molecule has 1 aliphatic rings. The second kappa shape index (κ2) is 4.66. The number of halogens is 2. The van der Waals surface area contributed by atoms with E-state index in [4.69, 9.17) is 4.74 Å². The van der Waals surface area contributed by atoms with Crippen LogP contribution in [-0.4, -0.2) is 6.10 Å². The van der Waals surface area contributed by atoms with Gasteiger partial charge in [0, 0.05) is 0 Å². The highest BCUT2D eigenvalue weighted by Crippen LogP contribution is 2.32. The molecule has 0 spiro atoms. The summed E-state index contributed by atoms with van der Waals surface area (Å²) < 4.78 is 8.08. The van der Waals surface area contributed by atoms with Crippen LogP contribution in [0.3, 0.4) is 0 Å². The van der Waals surface area contributed by atoms with Gasteiger partial charge < -0.3 is 4.74 Å². The lowest BCUT2D eigenvalue weighted by atomic mass is 10.3. The highest BCUT2D eigenvalue weighted by atomic mass is 127. The van der Waals surface area contributed by atoms with Crippen molar-refractivity contribution >= 4 is 38.5 Å². The van der Waals surface area contributed by atoms with E-state index in [1.165, 1.54) is 0 Å². The molecular formula is C11H10BrIO. The number of benzene rings is 1. The number of hydrogen-bond acceptors (Lipinski definition) is 1. The summed E-state index contributed by atoms with van der Waals surface area (Å²) in [6.07, 6.45) is 6.79. The highest BCUT2D eigenvalue weighted by Gasteiger charge is 2.14. The quantitative estimate of drug-likeness (QED) is 0.565. The molecule has 0 heterocycles. The number of para-hydroxylation sites is 1. The first-order valence-corrected chi connectivity index (χ1v) is 6.42. The summed E-state index contributed by atoms with van der Waals surface area (Å²) in [6.45, 7) is 0. The van der Waals surface area contributed by atoms with Crippen molar-refractivity contribution in [2.75, 3.05) is 0 Å². The van der Waals surface area contributed by atoms with Crippen LogP contribution >= 0.6 is 38.5 Å². The molecule has 74 valence electrons. The zero-order valence-electron chi connectivity index (χ0n) is 7.54. The van der Waals surface area contributed by atoms with Crippen molar-refractivity contribution in [3.63, 3.8) is 0 Å². The second-order valence-electron chi connectivity index (χ2n) is 3.21. The van der Waals surface area contributed by atoms with E-state index in [0.717, 1.165) is 26.6 Å². The standard InChI is InChI=1S/C11H10BrIO/c12-9-6-3-7-10(13)11(9)14-8-4-1-2-5-8/h1,3-4,6-8H,2,5H2. The number of hydrogen-bond donors (Lipinski definition) is 0. The molecule has 0 amide bonds. The average Bonchev–Trinajstić information content (AvgIpc) is 2.64. The van der Waals surface area contributed by atoms with Crippen LogP contribution in [0.15, 0.2) is 34.8 Å². The van der Waals surface area contributed by atoms with Gasteiger partial charge >= 0.3 is 0 Å². The molecule has 2 rings (SSSR count). The molecule has 1 atom stereocenters. The van der Waals surface area contributed by atoms with E-state index in [-0.39, 0.29) is 6.10 Å². The maximum absolute atomic E-state index is 5.90. The van der Waals surface area contributed by atoms with E-state index in [9.17, 15) is 0 Å². The first-order valence-electron chi connectivity index (χ1n) is 4.54. The minimum absolute atomic E-state index is 0.252. The number of ether oxygens (including phenoxy) is 1. The maximum atomic E-state index is 5.90. The van der Waals surface area contributed by atoms with Crippen molar-refractivity contribution in [3.8, 4) is 5.75 Å². The van der Waals surface area contributed by atoms with E-state index in [1.807, 2.05) is 12.1 Å².